The van der Waals surface area contributed by atoms with Gasteiger partial charge in [-0.15, -0.1) is 11.6 Å². The standard InChI is InChI=1S/C20H28BrClN2O/c21-17-15-13-11-9-7-5-3-1-2-4-6-8-10-12-14-16-20(25)24-19(23)18-22/h1-2,15,17,19H,3,5,7-10,12,14,16,18,23H2,(H,24,25)/b2-1+,17-15+. The third-order valence-electron chi connectivity index (χ3n) is 3.19. The Morgan fingerprint density at radius 1 is 1.08 bits per heavy atom. The normalized spacial score (nSPS) is 11.6. The summed E-state index contributed by atoms with van der Waals surface area (Å²) in [6, 6.07) is 0. The predicted octanol–water partition coefficient (Wildman–Crippen LogP) is 4.61. The van der Waals surface area contributed by atoms with Crippen LogP contribution in [0.1, 0.15) is 57.8 Å². The van der Waals surface area contributed by atoms with Gasteiger partial charge in [-0.1, -0.05) is 52.1 Å². The van der Waals surface area contributed by atoms with Gasteiger partial charge in [-0.25, -0.2) is 0 Å². The summed E-state index contributed by atoms with van der Waals surface area (Å²) in [4.78, 5) is 13.2. The van der Waals surface area contributed by atoms with Gasteiger partial charge in [-0.3, -0.25) is 4.79 Å². The van der Waals surface area contributed by atoms with E-state index in [-0.39, 0.29) is 11.8 Å². The molecule has 0 rings (SSSR count). The van der Waals surface area contributed by atoms with Crippen molar-refractivity contribution in [3.05, 3.63) is 23.2 Å². The summed E-state index contributed by atoms with van der Waals surface area (Å²) in [6.45, 7) is 0. The molecule has 0 aliphatic carbocycles. The molecule has 0 heterocycles. The lowest BCUT2D eigenvalue weighted by molar-refractivity contribution is -0.121. The minimum absolute atomic E-state index is 0.0345. The van der Waals surface area contributed by atoms with E-state index in [4.69, 9.17) is 17.3 Å². The Bertz CT molecular complexity index is 523. The smallest absolute Gasteiger partial charge is 0.221 e. The number of hydrogen-bond acceptors (Lipinski definition) is 2. The molecule has 1 amide bonds. The molecule has 0 aliphatic rings. The van der Waals surface area contributed by atoms with Crippen molar-refractivity contribution in [2.24, 2.45) is 5.73 Å². The zero-order chi connectivity index (χ0) is 18.6. The van der Waals surface area contributed by atoms with Crippen LogP contribution in [-0.2, 0) is 4.79 Å². The number of amides is 1. The van der Waals surface area contributed by atoms with Crippen LogP contribution in [-0.4, -0.2) is 18.0 Å². The van der Waals surface area contributed by atoms with E-state index in [9.17, 15) is 4.79 Å². The van der Waals surface area contributed by atoms with Crippen molar-refractivity contribution in [1.82, 2.24) is 5.32 Å². The molecule has 0 bridgehead atoms. The minimum Gasteiger partial charge on any atom is -0.340 e. The number of carbonyl (C=O) groups is 1. The molecular formula is C20H28BrClN2O. The number of halogens is 2. The number of allylic oxidation sites excluding steroid dienone is 3. The number of alkyl halides is 1. The molecule has 0 saturated heterocycles. The first-order chi connectivity index (χ1) is 12.2. The molecule has 0 fully saturated rings. The van der Waals surface area contributed by atoms with E-state index >= 15 is 0 Å². The van der Waals surface area contributed by atoms with Crippen LogP contribution in [0, 0.1) is 23.7 Å². The van der Waals surface area contributed by atoms with Gasteiger partial charge in [0, 0.05) is 19.3 Å². The maximum absolute atomic E-state index is 11.5. The average molecular weight is 428 g/mol. The molecule has 0 aromatic heterocycles. The van der Waals surface area contributed by atoms with Crippen molar-refractivity contribution in [3.8, 4) is 23.7 Å². The Labute approximate surface area is 166 Å². The van der Waals surface area contributed by atoms with Crippen LogP contribution < -0.4 is 11.1 Å². The van der Waals surface area contributed by atoms with Crippen LogP contribution in [0.3, 0.4) is 0 Å². The Morgan fingerprint density at radius 2 is 1.76 bits per heavy atom. The Balaban J connectivity index is 3.47. The highest BCUT2D eigenvalue weighted by Crippen LogP contribution is 2.03. The van der Waals surface area contributed by atoms with Crippen molar-refractivity contribution in [1.29, 1.82) is 0 Å². The third-order valence-corrected chi connectivity index (χ3v) is 3.79. The largest absolute Gasteiger partial charge is 0.340 e. The van der Waals surface area contributed by atoms with Crippen LogP contribution in [0.4, 0.5) is 0 Å². The van der Waals surface area contributed by atoms with Crippen LogP contribution in [0.15, 0.2) is 23.2 Å². The summed E-state index contributed by atoms with van der Waals surface area (Å²) in [5.41, 5.74) is 5.54. The molecule has 3 nitrogen and oxygen atoms in total. The Morgan fingerprint density at radius 3 is 2.44 bits per heavy atom. The number of hydrogen-bond donors (Lipinski definition) is 2. The summed E-state index contributed by atoms with van der Waals surface area (Å²) in [6.07, 6.45) is 13.8. The van der Waals surface area contributed by atoms with Crippen LogP contribution >= 0.6 is 27.5 Å². The second-order valence-corrected chi connectivity index (χ2v) is 6.31. The molecule has 138 valence electrons. The molecule has 0 aromatic carbocycles. The molecule has 0 spiro atoms. The van der Waals surface area contributed by atoms with E-state index < -0.39 is 6.17 Å². The topological polar surface area (TPSA) is 55.1 Å². The zero-order valence-corrected chi connectivity index (χ0v) is 17.0. The van der Waals surface area contributed by atoms with Crippen molar-refractivity contribution in [2.75, 3.05) is 5.88 Å². The summed E-state index contributed by atoms with van der Waals surface area (Å²) in [5, 5.41) is 2.64. The SMILES string of the molecule is NC(CCl)NC(=O)CCCCCC#C/C=C/CCCCC#C/C=C/Br. The van der Waals surface area contributed by atoms with Crippen molar-refractivity contribution >= 4 is 33.4 Å². The lowest BCUT2D eigenvalue weighted by atomic mass is 10.1. The van der Waals surface area contributed by atoms with Gasteiger partial charge in [-0.05, 0) is 49.2 Å². The van der Waals surface area contributed by atoms with Gasteiger partial charge in [-0.2, -0.15) is 0 Å². The highest BCUT2D eigenvalue weighted by molar-refractivity contribution is 9.11. The summed E-state index contributed by atoms with van der Waals surface area (Å²) in [5.74, 6) is 12.4. The second kappa shape index (κ2) is 19.1. The summed E-state index contributed by atoms with van der Waals surface area (Å²) in [7, 11) is 0. The van der Waals surface area contributed by atoms with E-state index in [1.165, 1.54) is 0 Å². The first-order valence-corrected chi connectivity index (χ1v) is 10.1. The number of nitrogens with two attached hydrogens (primary N) is 1. The lowest BCUT2D eigenvalue weighted by Crippen LogP contribution is -2.42. The fraction of sp³-hybridized carbons (Fsp3) is 0.550. The van der Waals surface area contributed by atoms with Gasteiger partial charge in [0.25, 0.3) is 0 Å². The molecule has 0 saturated carbocycles. The Kier molecular flexibility index (Phi) is 18.2. The first-order valence-electron chi connectivity index (χ1n) is 8.68. The highest BCUT2D eigenvalue weighted by Gasteiger charge is 2.05. The first kappa shape index (κ1) is 23.8. The van der Waals surface area contributed by atoms with Gasteiger partial charge >= 0.3 is 0 Å². The molecule has 5 heteroatoms. The second-order valence-electron chi connectivity index (χ2n) is 5.47. The molecule has 1 unspecified atom stereocenters. The minimum atomic E-state index is -0.448. The number of rotatable bonds is 11. The number of carbonyl (C=O) groups excluding carboxylic acids is 1. The molecular weight excluding hydrogens is 400 g/mol. The molecule has 3 N–H and O–H groups in total. The summed E-state index contributed by atoms with van der Waals surface area (Å²) >= 11 is 8.71. The quantitative estimate of drug-likeness (QED) is 0.219. The maximum Gasteiger partial charge on any atom is 0.221 e. The fourth-order valence-electron chi connectivity index (χ4n) is 1.90. The zero-order valence-electron chi connectivity index (χ0n) is 14.7. The average Bonchev–Trinajstić information content (AvgIpc) is 2.61. The molecule has 0 aromatic rings. The van der Waals surface area contributed by atoms with Crippen LogP contribution in [0.5, 0.6) is 0 Å². The molecule has 0 radical (unpaired) electrons. The van der Waals surface area contributed by atoms with E-state index in [1.807, 2.05) is 6.08 Å². The highest BCUT2D eigenvalue weighted by atomic mass is 79.9. The van der Waals surface area contributed by atoms with Crippen LogP contribution in [0.2, 0.25) is 0 Å². The van der Waals surface area contributed by atoms with Crippen molar-refractivity contribution in [2.45, 2.75) is 64.0 Å². The van der Waals surface area contributed by atoms with E-state index in [0.29, 0.717) is 6.42 Å². The fourth-order valence-corrected chi connectivity index (χ4v) is 2.11. The predicted molar refractivity (Wildman–Crippen MR) is 111 cm³/mol. The van der Waals surface area contributed by atoms with E-state index in [2.05, 4.69) is 51.0 Å². The van der Waals surface area contributed by atoms with Gasteiger partial charge in [0.15, 0.2) is 0 Å². The molecule has 0 aliphatic heterocycles. The molecule has 1 atom stereocenters. The van der Waals surface area contributed by atoms with Crippen molar-refractivity contribution < 1.29 is 4.79 Å². The van der Waals surface area contributed by atoms with Gasteiger partial charge in [0.2, 0.25) is 5.91 Å². The number of unbranched alkanes of at least 4 members (excludes halogenated alkanes) is 6. The third kappa shape index (κ3) is 19.0. The monoisotopic (exact) mass is 426 g/mol. The number of nitrogens with one attached hydrogen (secondary N) is 1. The molecule has 25 heavy (non-hydrogen) atoms. The van der Waals surface area contributed by atoms with Crippen molar-refractivity contribution in [3.63, 3.8) is 0 Å². The van der Waals surface area contributed by atoms with Gasteiger partial charge in [0.1, 0.15) is 0 Å². The Hall–Kier alpha value is -1.20. The van der Waals surface area contributed by atoms with Gasteiger partial charge < -0.3 is 11.1 Å². The van der Waals surface area contributed by atoms with Crippen LogP contribution in [0.25, 0.3) is 0 Å². The van der Waals surface area contributed by atoms with E-state index in [0.717, 1.165) is 51.4 Å². The van der Waals surface area contributed by atoms with E-state index in [1.54, 1.807) is 11.1 Å². The maximum atomic E-state index is 11.5. The van der Waals surface area contributed by atoms with Gasteiger partial charge in [0.05, 0.1) is 12.0 Å². The lowest BCUT2D eigenvalue weighted by Gasteiger charge is -2.09. The summed E-state index contributed by atoms with van der Waals surface area (Å²) < 4.78 is 0.